The summed E-state index contributed by atoms with van der Waals surface area (Å²) in [6.07, 6.45) is 0. The highest BCUT2D eigenvalue weighted by atomic mass is 16.2. The summed E-state index contributed by atoms with van der Waals surface area (Å²) in [5.41, 5.74) is 6.73. The first-order valence-corrected chi connectivity index (χ1v) is 5.76. The Bertz CT molecular complexity index is 351. The van der Waals surface area contributed by atoms with E-state index in [0.29, 0.717) is 0 Å². The van der Waals surface area contributed by atoms with Crippen LogP contribution >= 0.6 is 0 Å². The highest BCUT2D eigenvalue weighted by Crippen LogP contribution is 2.09. The fourth-order valence-corrected chi connectivity index (χ4v) is 1.74. The molecule has 0 saturated carbocycles. The van der Waals surface area contributed by atoms with Crippen LogP contribution < -0.4 is 11.1 Å². The summed E-state index contributed by atoms with van der Waals surface area (Å²) in [6, 6.07) is 8.88. The summed E-state index contributed by atoms with van der Waals surface area (Å²) in [7, 11) is 3.94. The van der Waals surface area contributed by atoms with Gasteiger partial charge in [-0.05, 0) is 26.6 Å². The minimum atomic E-state index is -0.596. The van der Waals surface area contributed by atoms with Crippen molar-refractivity contribution in [1.82, 2.24) is 10.2 Å². The van der Waals surface area contributed by atoms with Crippen molar-refractivity contribution in [2.75, 3.05) is 20.6 Å². The highest BCUT2D eigenvalue weighted by molar-refractivity contribution is 5.83. The van der Waals surface area contributed by atoms with Crippen LogP contribution in [0.5, 0.6) is 0 Å². The van der Waals surface area contributed by atoms with Crippen molar-refractivity contribution in [3.63, 3.8) is 0 Å². The molecule has 0 aliphatic heterocycles. The van der Waals surface area contributed by atoms with Gasteiger partial charge in [-0.25, -0.2) is 0 Å². The Morgan fingerprint density at radius 3 is 2.47 bits per heavy atom. The summed E-state index contributed by atoms with van der Waals surface area (Å²) in [5.74, 6) is -0.134. The maximum atomic E-state index is 11.9. The van der Waals surface area contributed by atoms with Crippen molar-refractivity contribution in [2.45, 2.75) is 19.0 Å². The minimum Gasteiger partial charge on any atom is -0.351 e. The molecule has 0 aromatic heterocycles. The molecule has 0 radical (unpaired) electrons. The summed E-state index contributed by atoms with van der Waals surface area (Å²) in [4.78, 5) is 13.9. The monoisotopic (exact) mass is 235 g/mol. The fraction of sp³-hybridized carbons (Fsp3) is 0.462. The zero-order chi connectivity index (χ0) is 12.8. The molecule has 1 amide bonds. The van der Waals surface area contributed by atoms with Gasteiger partial charge in [0.2, 0.25) is 5.91 Å². The second kappa shape index (κ2) is 6.37. The molecule has 0 aliphatic rings. The molecule has 17 heavy (non-hydrogen) atoms. The van der Waals surface area contributed by atoms with Gasteiger partial charge in [-0.1, -0.05) is 30.3 Å². The third-order valence-corrected chi connectivity index (χ3v) is 2.47. The van der Waals surface area contributed by atoms with Gasteiger partial charge in [-0.2, -0.15) is 0 Å². The molecule has 2 atom stereocenters. The first kappa shape index (κ1) is 13.7. The van der Waals surface area contributed by atoms with Gasteiger partial charge < -0.3 is 16.0 Å². The summed E-state index contributed by atoms with van der Waals surface area (Å²) < 4.78 is 0. The van der Waals surface area contributed by atoms with Crippen molar-refractivity contribution in [2.24, 2.45) is 5.73 Å². The minimum absolute atomic E-state index is 0.0901. The van der Waals surface area contributed by atoms with Crippen molar-refractivity contribution in [1.29, 1.82) is 0 Å². The third kappa shape index (κ3) is 4.54. The molecule has 4 heteroatoms. The number of carbonyl (C=O) groups excluding carboxylic acids is 1. The number of hydrogen-bond acceptors (Lipinski definition) is 3. The quantitative estimate of drug-likeness (QED) is 0.792. The molecule has 1 aromatic carbocycles. The molecule has 1 rings (SSSR count). The van der Waals surface area contributed by atoms with Crippen LogP contribution in [0.15, 0.2) is 30.3 Å². The number of hydrogen-bond donors (Lipinski definition) is 2. The van der Waals surface area contributed by atoms with Crippen molar-refractivity contribution < 1.29 is 4.79 Å². The molecule has 0 fully saturated rings. The van der Waals surface area contributed by atoms with Gasteiger partial charge in [0.1, 0.15) is 6.04 Å². The van der Waals surface area contributed by atoms with Gasteiger partial charge in [-0.3, -0.25) is 4.79 Å². The van der Waals surface area contributed by atoms with Crippen LogP contribution in [0.3, 0.4) is 0 Å². The van der Waals surface area contributed by atoms with E-state index in [4.69, 9.17) is 5.73 Å². The zero-order valence-electron chi connectivity index (χ0n) is 10.7. The van der Waals surface area contributed by atoms with E-state index in [1.807, 2.05) is 56.3 Å². The van der Waals surface area contributed by atoms with E-state index in [2.05, 4.69) is 5.32 Å². The predicted molar refractivity (Wildman–Crippen MR) is 69.5 cm³/mol. The van der Waals surface area contributed by atoms with Gasteiger partial charge in [0.05, 0.1) is 0 Å². The summed E-state index contributed by atoms with van der Waals surface area (Å²) >= 11 is 0. The van der Waals surface area contributed by atoms with Crippen LogP contribution in [0.25, 0.3) is 0 Å². The third-order valence-electron chi connectivity index (χ3n) is 2.47. The molecular formula is C13H21N3O. The normalized spacial score (nSPS) is 14.4. The first-order valence-electron chi connectivity index (χ1n) is 5.76. The molecule has 0 bridgehead atoms. The number of benzene rings is 1. The number of amides is 1. The summed E-state index contributed by atoms with van der Waals surface area (Å²) in [6.45, 7) is 2.77. The molecule has 4 nitrogen and oxygen atoms in total. The van der Waals surface area contributed by atoms with Gasteiger partial charge in [-0.15, -0.1) is 0 Å². The Morgan fingerprint density at radius 1 is 1.35 bits per heavy atom. The van der Waals surface area contributed by atoms with E-state index >= 15 is 0 Å². The lowest BCUT2D eigenvalue weighted by Gasteiger charge is -2.20. The SMILES string of the molecule is CC(CN(C)C)NC(=O)[C@H](N)c1ccccc1. The van der Waals surface area contributed by atoms with Gasteiger partial charge in [0, 0.05) is 12.6 Å². The van der Waals surface area contributed by atoms with Crippen LogP contribution in [-0.4, -0.2) is 37.5 Å². The van der Waals surface area contributed by atoms with Gasteiger partial charge in [0.15, 0.2) is 0 Å². The molecule has 1 unspecified atom stereocenters. The number of nitrogens with one attached hydrogen (secondary N) is 1. The highest BCUT2D eigenvalue weighted by Gasteiger charge is 2.17. The second-order valence-corrected chi connectivity index (χ2v) is 4.56. The number of nitrogens with zero attached hydrogens (tertiary/aromatic N) is 1. The lowest BCUT2D eigenvalue weighted by molar-refractivity contribution is -0.123. The number of rotatable bonds is 5. The Morgan fingerprint density at radius 2 is 1.94 bits per heavy atom. The molecule has 1 aromatic rings. The lowest BCUT2D eigenvalue weighted by Crippen LogP contribution is -2.43. The van der Waals surface area contributed by atoms with E-state index in [1.54, 1.807) is 0 Å². The smallest absolute Gasteiger partial charge is 0.241 e. The molecular weight excluding hydrogens is 214 g/mol. The van der Waals surface area contributed by atoms with Crippen LogP contribution in [0.1, 0.15) is 18.5 Å². The maximum absolute atomic E-state index is 11.9. The molecule has 0 spiro atoms. The Hall–Kier alpha value is -1.39. The summed E-state index contributed by atoms with van der Waals surface area (Å²) in [5, 5.41) is 2.90. The van der Waals surface area contributed by atoms with Crippen LogP contribution in [0.4, 0.5) is 0 Å². The van der Waals surface area contributed by atoms with Crippen molar-refractivity contribution in [3.05, 3.63) is 35.9 Å². The van der Waals surface area contributed by atoms with E-state index in [0.717, 1.165) is 12.1 Å². The van der Waals surface area contributed by atoms with E-state index in [9.17, 15) is 4.79 Å². The Balaban J connectivity index is 2.53. The van der Waals surface area contributed by atoms with E-state index < -0.39 is 6.04 Å². The van der Waals surface area contributed by atoms with Crippen LogP contribution in [0.2, 0.25) is 0 Å². The first-order chi connectivity index (χ1) is 8.00. The number of likely N-dealkylation sites (N-methyl/N-ethyl adjacent to an activating group) is 1. The standard InChI is InChI=1S/C13H21N3O/c1-10(9-16(2)3)15-13(17)12(14)11-7-5-4-6-8-11/h4-8,10,12H,9,14H2,1-3H3,(H,15,17)/t10?,12-/m1/s1. The molecule has 94 valence electrons. The topological polar surface area (TPSA) is 58.4 Å². The number of carbonyl (C=O) groups is 1. The van der Waals surface area contributed by atoms with Gasteiger partial charge >= 0.3 is 0 Å². The fourth-order valence-electron chi connectivity index (χ4n) is 1.74. The zero-order valence-corrected chi connectivity index (χ0v) is 10.7. The van der Waals surface area contributed by atoms with Crippen LogP contribution in [0, 0.1) is 0 Å². The Kier molecular flexibility index (Phi) is 5.12. The molecule has 3 N–H and O–H groups in total. The second-order valence-electron chi connectivity index (χ2n) is 4.56. The predicted octanol–water partition coefficient (Wildman–Crippen LogP) is 0.753. The van der Waals surface area contributed by atoms with Crippen molar-refractivity contribution in [3.8, 4) is 0 Å². The molecule has 0 aliphatic carbocycles. The maximum Gasteiger partial charge on any atom is 0.241 e. The Labute approximate surface area is 103 Å². The van der Waals surface area contributed by atoms with E-state index in [1.165, 1.54) is 0 Å². The average Bonchev–Trinajstić information content (AvgIpc) is 2.28. The molecule has 0 heterocycles. The largest absolute Gasteiger partial charge is 0.351 e. The van der Waals surface area contributed by atoms with Crippen LogP contribution in [-0.2, 0) is 4.79 Å². The van der Waals surface area contributed by atoms with Crippen molar-refractivity contribution >= 4 is 5.91 Å². The van der Waals surface area contributed by atoms with Gasteiger partial charge in [0.25, 0.3) is 0 Å². The average molecular weight is 235 g/mol. The molecule has 0 saturated heterocycles. The lowest BCUT2D eigenvalue weighted by atomic mass is 10.1. The number of nitrogens with two attached hydrogens (primary N) is 1. The van der Waals surface area contributed by atoms with E-state index in [-0.39, 0.29) is 11.9 Å².